The minimum atomic E-state index is 0.248. The lowest BCUT2D eigenvalue weighted by Gasteiger charge is -2.15. The van der Waals surface area contributed by atoms with Gasteiger partial charge in [-0.2, -0.15) is 4.98 Å². The Morgan fingerprint density at radius 2 is 1.60 bits per heavy atom. The second kappa shape index (κ2) is 6.07. The van der Waals surface area contributed by atoms with Crippen LogP contribution in [0.15, 0.2) is 28.8 Å². The fraction of sp³-hybridized carbons (Fsp3) is 0.500. The van der Waals surface area contributed by atoms with Gasteiger partial charge >= 0.3 is 0 Å². The highest BCUT2D eigenvalue weighted by Gasteiger charge is 2.20. The maximum atomic E-state index is 9.31. The van der Waals surface area contributed by atoms with Crippen molar-refractivity contribution in [3.8, 4) is 17.1 Å². The fourth-order valence-corrected chi connectivity index (χ4v) is 2.83. The van der Waals surface area contributed by atoms with Crippen LogP contribution in [0.5, 0.6) is 5.75 Å². The van der Waals surface area contributed by atoms with Crippen LogP contribution in [-0.2, 0) is 0 Å². The van der Waals surface area contributed by atoms with Gasteiger partial charge in [0.1, 0.15) is 5.75 Å². The van der Waals surface area contributed by atoms with E-state index >= 15 is 0 Å². The Balaban J connectivity index is 1.76. The summed E-state index contributed by atoms with van der Waals surface area (Å²) in [7, 11) is 0. The van der Waals surface area contributed by atoms with E-state index in [0.717, 1.165) is 24.3 Å². The van der Waals surface area contributed by atoms with Crippen LogP contribution in [0.4, 0.5) is 0 Å². The van der Waals surface area contributed by atoms with Crippen LogP contribution in [0.3, 0.4) is 0 Å². The Bertz CT molecular complexity index is 540. The van der Waals surface area contributed by atoms with Gasteiger partial charge in [-0.3, -0.25) is 0 Å². The molecule has 0 spiro atoms. The summed E-state index contributed by atoms with van der Waals surface area (Å²) in [6, 6.07) is 6.90. The fourth-order valence-electron chi connectivity index (χ4n) is 2.83. The number of hydrogen-bond donors (Lipinski definition) is 1. The Labute approximate surface area is 118 Å². The number of aromatic nitrogens is 2. The first-order valence-electron chi connectivity index (χ1n) is 7.46. The van der Waals surface area contributed by atoms with Crippen molar-refractivity contribution >= 4 is 0 Å². The van der Waals surface area contributed by atoms with Gasteiger partial charge in [0.25, 0.3) is 0 Å². The Morgan fingerprint density at radius 1 is 0.950 bits per heavy atom. The van der Waals surface area contributed by atoms with E-state index in [9.17, 15) is 5.11 Å². The van der Waals surface area contributed by atoms with Gasteiger partial charge in [0.05, 0.1) is 0 Å². The molecule has 106 valence electrons. The first-order chi connectivity index (χ1) is 9.83. The number of phenols is 1. The zero-order valence-corrected chi connectivity index (χ0v) is 11.6. The van der Waals surface area contributed by atoms with E-state index < -0.39 is 0 Å². The average Bonchev–Trinajstić information content (AvgIpc) is 2.89. The van der Waals surface area contributed by atoms with E-state index in [0.29, 0.717) is 11.7 Å². The van der Waals surface area contributed by atoms with Crippen LogP contribution >= 0.6 is 0 Å². The van der Waals surface area contributed by atoms with Gasteiger partial charge in [0.15, 0.2) is 0 Å². The SMILES string of the molecule is Oc1ccc(-c2noc(C3CCCCCCC3)n2)cc1. The monoisotopic (exact) mass is 272 g/mol. The molecule has 2 aromatic rings. The quantitative estimate of drug-likeness (QED) is 0.886. The molecule has 0 aliphatic heterocycles. The third kappa shape index (κ3) is 3.00. The molecular weight excluding hydrogens is 252 g/mol. The summed E-state index contributed by atoms with van der Waals surface area (Å²) in [4.78, 5) is 4.55. The van der Waals surface area contributed by atoms with Crippen molar-refractivity contribution in [2.45, 2.75) is 50.9 Å². The summed E-state index contributed by atoms with van der Waals surface area (Å²) in [6.07, 6.45) is 8.79. The highest BCUT2D eigenvalue weighted by atomic mass is 16.5. The topological polar surface area (TPSA) is 59.2 Å². The molecule has 4 heteroatoms. The van der Waals surface area contributed by atoms with Crippen LogP contribution in [0.1, 0.15) is 56.8 Å². The molecule has 1 fully saturated rings. The summed E-state index contributed by atoms with van der Waals surface area (Å²) in [5.41, 5.74) is 0.878. The van der Waals surface area contributed by atoms with Crippen molar-refractivity contribution < 1.29 is 9.63 Å². The second-order valence-electron chi connectivity index (χ2n) is 5.55. The molecule has 1 aliphatic rings. The predicted molar refractivity (Wildman–Crippen MR) is 76.5 cm³/mol. The van der Waals surface area contributed by atoms with E-state index in [-0.39, 0.29) is 5.75 Å². The lowest BCUT2D eigenvalue weighted by Crippen LogP contribution is -2.02. The lowest BCUT2D eigenvalue weighted by atomic mass is 9.91. The van der Waals surface area contributed by atoms with Crippen LogP contribution in [-0.4, -0.2) is 15.2 Å². The first-order valence-corrected chi connectivity index (χ1v) is 7.46. The molecule has 20 heavy (non-hydrogen) atoms. The maximum absolute atomic E-state index is 9.31. The minimum Gasteiger partial charge on any atom is -0.508 e. The Morgan fingerprint density at radius 3 is 2.30 bits per heavy atom. The van der Waals surface area contributed by atoms with E-state index in [1.807, 2.05) is 12.1 Å². The number of phenolic OH excluding ortho intramolecular Hbond substituents is 1. The molecule has 1 saturated carbocycles. The molecule has 0 saturated heterocycles. The van der Waals surface area contributed by atoms with Crippen molar-refractivity contribution in [2.75, 3.05) is 0 Å². The minimum absolute atomic E-state index is 0.248. The van der Waals surface area contributed by atoms with Gasteiger partial charge < -0.3 is 9.63 Å². The predicted octanol–water partition coefficient (Wildman–Crippen LogP) is 4.27. The van der Waals surface area contributed by atoms with Gasteiger partial charge in [-0.15, -0.1) is 0 Å². The van der Waals surface area contributed by atoms with Crippen LogP contribution in [0.2, 0.25) is 0 Å². The Hall–Kier alpha value is -1.84. The molecular formula is C16H20N2O2. The van der Waals surface area contributed by atoms with Crippen LogP contribution in [0, 0.1) is 0 Å². The van der Waals surface area contributed by atoms with Crippen molar-refractivity contribution in [1.82, 2.24) is 10.1 Å². The number of rotatable bonds is 2. The van der Waals surface area contributed by atoms with E-state index in [4.69, 9.17) is 4.52 Å². The molecule has 0 radical (unpaired) electrons. The molecule has 1 N–H and O–H groups in total. The molecule has 0 amide bonds. The standard InChI is InChI=1S/C16H20N2O2/c19-14-10-8-12(9-11-14)15-17-16(20-18-15)13-6-4-2-1-3-5-7-13/h8-11,13,19H,1-7H2. The average molecular weight is 272 g/mol. The van der Waals surface area contributed by atoms with Crippen LogP contribution in [0.25, 0.3) is 11.4 Å². The normalized spacial score (nSPS) is 17.6. The van der Waals surface area contributed by atoms with Gasteiger partial charge in [-0.1, -0.05) is 37.3 Å². The second-order valence-corrected chi connectivity index (χ2v) is 5.55. The number of benzene rings is 1. The largest absolute Gasteiger partial charge is 0.508 e. The highest BCUT2D eigenvalue weighted by molar-refractivity contribution is 5.55. The Kier molecular flexibility index (Phi) is 4.00. The molecule has 1 aliphatic carbocycles. The summed E-state index contributed by atoms with van der Waals surface area (Å²) in [5, 5.41) is 13.4. The maximum Gasteiger partial charge on any atom is 0.230 e. The smallest absolute Gasteiger partial charge is 0.230 e. The van der Waals surface area contributed by atoms with Gasteiger partial charge in [-0.25, -0.2) is 0 Å². The molecule has 1 aromatic carbocycles. The van der Waals surface area contributed by atoms with Gasteiger partial charge in [0, 0.05) is 11.5 Å². The summed E-state index contributed by atoms with van der Waals surface area (Å²) in [5.74, 6) is 2.04. The van der Waals surface area contributed by atoms with Gasteiger partial charge in [-0.05, 0) is 37.1 Å². The number of aromatic hydroxyl groups is 1. The third-order valence-corrected chi connectivity index (χ3v) is 4.02. The number of nitrogens with zero attached hydrogens (tertiary/aromatic N) is 2. The summed E-state index contributed by atoms with van der Waals surface area (Å²) >= 11 is 0. The van der Waals surface area contributed by atoms with Crippen molar-refractivity contribution in [3.05, 3.63) is 30.2 Å². The number of hydrogen-bond acceptors (Lipinski definition) is 4. The molecule has 0 atom stereocenters. The van der Waals surface area contributed by atoms with E-state index in [1.165, 1.54) is 32.1 Å². The molecule has 1 heterocycles. The first kappa shape index (κ1) is 13.2. The van der Waals surface area contributed by atoms with E-state index in [2.05, 4.69) is 10.1 Å². The molecule has 1 aromatic heterocycles. The molecule has 0 bridgehead atoms. The van der Waals surface area contributed by atoms with Crippen LogP contribution < -0.4 is 0 Å². The lowest BCUT2D eigenvalue weighted by molar-refractivity contribution is 0.323. The van der Waals surface area contributed by atoms with Crippen molar-refractivity contribution in [2.24, 2.45) is 0 Å². The van der Waals surface area contributed by atoms with Crippen molar-refractivity contribution in [3.63, 3.8) is 0 Å². The van der Waals surface area contributed by atoms with Crippen molar-refractivity contribution in [1.29, 1.82) is 0 Å². The summed E-state index contributed by atoms with van der Waals surface area (Å²) in [6.45, 7) is 0. The van der Waals surface area contributed by atoms with Gasteiger partial charge in [0.2, 0.25) is 11.7 Å². The molecule has 4 nitrogen and oxygen atoms in total. The van der Waals surface area contributed by atoms with E-state index in [1.54, 1.807) is 12.1 Å². The highest BCUT2D eigenvalue weighted by Crippen LogP contribution is 2.31. The molecule has 0 unspecified atom stereocenters. The third-order valence-electron chi connectivity index (χ3n) is 4.02. The zero-order valence-electron chi connectivity index (χ0n) is 11.6. The molecule has 3 rings (SSSR count). The zero-order chi connectivity index (χ0) is 13.8. The summed E-state index contributed by atoms with van der Waals surface area (Å²) < 4.78 is 5.46.